The highest BCUT2D eigenvalue weighted by molar-refractivity contribution is 6.30. The lowest BCUT2D eigenvalue weighted by Crippen LogP contribution is -2.41. The number of imide groups is 1. The van der Waals surface area contributed by atoms with Gasteiger partial charge in [0.15, 0.2) is 5.78 Å². The molecule has 3 aliphatic rings. The molecule has 174 valence electrons. The third kappa shape index (κ3) is 3.92. The van der Waals surface area contributed by atoms with Gasteiger partial charge in [-0.3, -0.25) is 14.4 Å². The molecule has 2 aromatic carbocycles. The molecule has 0 spiro atoms. The van der Waals surface area contributed by atoms with E-state index in [0.717, 1.165) is 22.3 Å². The number of aryl methyl sites for hydroxylation is 2. The maximum absolute atomic E-state index is 13.4. The number of carbonyl (C=O) groups is 3. The monoisotopic (exact) mass is 475 g/mol. The first kappa shape index (κ1) is 22.4. The van der Waals surface area contributed by atoms with Crippen LogP contribution in [0.1, 0.15) is 36.0 Å². The van der Waals surface area contributed by atoms with Crippen LogP contribution in [0.2, 0.25) is 5.02 Å². The summed E-state index contributed by atoms with van der Waals surface area (Å²) in [5.74, 6) is 0.245. The molecule has 1 saturated carbocycles. The van der Waals surface area contributed by atoms with Crippen molar-refractivity contribution < 1.29 is 14.4 Å². The fraction of sp³-hybridized carbons (Fsp3) is 0.296. The van der Waals surface area contributed by atoms with E-state index in [1.54, 1.807) is 12.1 Å². The number of nitrogens with zero attached hydrogens (tertiary/aromatic N) is 2. The predicted molar refractivity (Wildman–Crippen MR) is 132 cm³/mol. The summed E-state index contributed by atoms with van der Waals surface area (Å²) < 4.78 is 0. The number of Topliss-reactive ketones (excluding diaryl/α,β-unsaturated/α-hetero) is 1. The second-order valence-electron chi connectivity index (χ2n) is 9.07. The van der Waals surface area contributed by atoms with Crippen molar-refractivity contribution in [3.8, 4) is 0 Å². The Bertz CT molecular complexity index is 1260. The summed E-state index contributed by atoms with van der Waals surface area (Å²) >= 11 is 5.97. The molecule has 0 aromatic heterocycles. The van der Waals surface area contributed by atoms with Crippen LogP contribution in [0.3, 0.4) is 0 Å². The van der Waals surface area contributed by atoms with Crippen molar-refractivity contribution in [2.24, 2.45) is 0 Å². The molecule has 2 saturated heterocycles. The van der Waals surface area contributed by atoms with Gasteiger partial charge in [0, 0.05) is 29.3 Å². The average Bonchev–Trinajstić information content (AvgIpc) is 3.49. The van der Waals surface area contributed by atoms with Gasteiger partial charge in [-0.2, -0.15) is 0 Å². The number of amides is 2. The summed E-state index contributed by atoms with van der Waals surface area (Å²) in [4.78, 5) is 42.9. The number of anilines is 1. The first-order valence-corrected chi connectivity index (χ1v) is 11.9. The van der Waals surface area contributed by atoms with Crippen LogP contribution >= 0.6 is 11.6 Å². The second-order valence-corrected chi connectivity index (χ2v) is 9.51. The number of carbonyl (C=O) groups excluding carboxylic acids is 3. The van der Waals surface area contributed by atoms with Crippen LogP contribution in [-0.2, 0) is 14.4 Å². The van der Waals surface area contributed by atoms with Crippen molar-refractivity contribution in [3.05, 3.63) is 81.1 Å². The van der Waals surface area contributed by atoms with Crippen molar-refractivity contribution >= 4 is 41.0 Å². The van der Waals surface area contributed by atoms with Gasteiger partial charge in [-0.1, -0.05) is 35.9 Å². The smallest absolute Gasteiger partial charge is 0.257 e. The molecule has 2 amide bonds. The van der Waals surface area contributed by atoms with Gasteiger partial charge in [-0.25, -0.2) is 4.90 Å². The molecule has 7 heteroatoms. The van der Waals surface area contributed by atoms with Gasteiger partial charge < -0.3 is 10.2 Å². The summed E-state index contributed by atoms with van der Waals surface area (Å²) in [6.07, 6.45) is 3.25. The zero-order valence-corrected chi connectivity index (χ0v) is 20.0. The van der Waals surface area contributed by atoms with Crippen LogP contribution < -0.4 is 10.2 Å². The van der Waals surface area contributed by atoms with E-state index in [9.17, 15) is 14.4 Å². The zero-order chi connectivity index (χ0) is 24.0. The third-order valence-electron chi connectivity index (χ3n) is 6.74. The lowest BCUT2D eigenvalue weighted by atomic mass is 10.1. The molecule has 2 heterocycles. The number of hydrogen-bond acceptors (Lipinski definition) is 5. The highest BCUT2D eigenvalue weighted by atomic mass is 35.5. The van der Waals surface area contributed by atoms with Crippen LogP contribution in [-0.4, -0.2) is 41.6 Å². The molecule has 0 radical (unpaired) electrons. The Balaban J connectivity index is 1.42. The third-order valence-corrected chi connectivity index (χ3v) is 7.00. The number of benzene rings is 2. The van der Waals surface area contributed by atoms with E-state index in [1.807, 2.05) is 55.2 Å². The van der Waals surface area contributed by atoms with Crippen molar-refractivity contribution in [3.63, 3.8) is 0 Å². The Morgan fingerprint density at radius 3 is 2.56 bits per heavy atom. The van der Waals surface area contributed by atoms with Gasteiger partial charge in [-0.15, -0.1) is 0 Å². The zero-order valence-electron chi connectivity index (χ0n) is 19.2. The number of halogens is 1. The topological polar surface area (TPSA) is 69.7 Å². The largest absolute Gasteiger partial charge is 0.370 e. The van der Waals surface area contributed by atoms with E-state index in [0.29, 0.717) is 48.0 Å². The molecule has 1 N–H and O–H groups in total. The summed E-state index contributed by atoms with van der Waals surface area (Å²) in [6, 6.07) is 12.5. The fourth-order valence-electron chi connectivity index (χ4n) is 4.98. The molecule has 5 rings (SSSR count). The van der Waals surface area contributed by atoms with Crippen molar-refractivity contribution in [2.75, 3.05) is 18.0 Å². The van der Waals surface area contributed by atoms with Crippen LogP contribution in [0, 0.1) is 13.8 Å². The Labute approximate surface area is 203 Å². The normalized spacial score (nSPS) is 24.0. The maximum Gasteiger partial charge on any atom is 0.257 e. The van der Waals surface area contributed by atoms with E-state index in [1.165, 1.54) is 4.90 Å². The lowest BCUT2D eigenvalue weighted by Gasteiger charge is -2.26. The summed E-state index contributed by atoms with van der Waals surface area (Å²) in [5.41, 5.74) is 4.87. The molecular weight excluding hydrogens is 450 g/mol. The van der Waals surface area contributed by atoms with Gasteiger partial charge in [0.05, 0.1) is 12.1 Å². The minimum absolute atomic E-state index is 0.00694. The first-order valence-electron chi connectivity index (χ1n) is 11.5. The van der Waals surface area contributed by atoms with Gasteiger partial charge in [0.25, 0.3) is 5.91 Å². The van der Waals surface area contributed by atoms with E-state index in [4.69, 9.17) is 11.6 Å². The van der Waals surface area contributed by atoms with Gasteiger partial charge in [-0.05, 0) is 67.7 Å². The van der Waals surface area contributed by atoms with Gasteiger partial charge in [0.2, 0.25) is 5.91 Å². The number of hydrogen-bond donors (Lipinski definition) is 1. The van der Waals surface area contributed by atoms with Gasteiger partial charge >= 0.3 is 0 Å². The molecule has 6 nitrogen and oxygen atoms in total. The molecule has 1 unspecified atom stereocenters. The van der Waals surface area contributed by atoms with Crippen molar-refractivity contribution in [2.45, 2.75) is 39.2 Å². The molecule has 1 atom stereocenters. The minimum Gasteiger partial charge on any atom is -0.370 e. The van der Waals surface area contributed by atoms with Crippen LogP contribution in [0.5, 0.6) is 0 Å². The Hall–Kier alpha value is -3.38. The molecule has 3 fully saturated rings. The van der Waals surface area contributed by atoms with Crippen LogP contribution in [0.25, 0.3) is 6.08 Å². The summed E-state index contributed by atoms with van der Waals surface area (Å²) in [7, 11) is 0. The van der Waals surface area contributed by atoms with E-state index in [-0.39, 0.29) is 24.0 Å². The Morgan fingerprint density at radius 1 is 1.03 bits per heavy atom. The Morgan fingerprint density at radius 2 is 1.79 bits per heavy atom. The molecule has 0 bridgehead atoms. The summed E-state index contributed by atoms with van der Waals surface area (Å²) in [5, 5.41) is 3.97. The molecule has 2 aromatic rings. The average molecular weight is 476 g/mol. The summed E-state index contributed by atoms with van der Waals surface area (Å²) in [6.45, 7) is 5.05. The van der Waals surface area contributed by atoms with E-state index >= 15 is 0 Å². The lowest BCUT2D eigenvalue weighted by molar-refractivity contribution is -0.122. The van der Waals surface area contributed by atoms with Gasteiger partial charge in [0.1, 0.15) is 11.9 Å². The highest BCUT2D eigenvalue weighted by Gasteiger charge is 2.46. The number of allylic oxidation sites excluding steroid dienone is 2. The van der Waals surface area contributed by atoms with Crippen LogP contribution in [0.4, 0.5) is 5.69 Å². The number of rotatable bonds is 3. The highest BCUT2D eigenvalue weighted by Crippen LogP contribution is 2.35. The SMILES string of the molecule is Cc1ccc(C)c(N2C(=O)CC(N3CCNC3=C3CCC(=Cc4ccc(Cl)cc4)C3=O)C2=O)c1. The maximum atomic E-state index is 13.4. The van der Waals surface area contributed by atoms with E-state index < -0.39 is 6.04 Å². The first-order chi connectivity index (χ1) is 16.3. The molecule has 1 aliphatic carbocycles. The minimum atomic E-state index is -0.609. The van der Waals surface area contributed by atoms with Crippen molar-refractivity contribution in [1.82, 2.24) is 10.2 Å². The standard InChI is InChI=1S/C27H26ClN3O3/c1-16-3-4-17(2)22(13-16)31-24(32)15-23(27(31)34)30-12-11-29-26(30)21-10-7-19(25(21)33)14-18-5-8-20(28)9-6-18/h3-6,8-9,13-14,23,29H,7,10-12,15H2,1-2H3. The number of ketones is 1. The quantitative estimate of drug-likeness (QED) is 0.533. The predicted octanol–water partition coefficient (Wildman–Crippen LogP) is 4.15. The fourth-order valence-corrected chi connectivity index (χ4v) is 5.10. The number of nitrogens with one attached hydrogen (secondary N) is 1. The van der Waals surface area contributed by atoms with Crippen molar-refractivity contribution in [1.29, 1.82) is 0 Å². The molecular formula is C27H26ClN3O3. The van der Waals surface area contributed by atoms with E-state index in [2.05, 4.69) is 5.32 Å². The van der Waals surface area contributed by atoms with Crippen LogP contribution in [0.15, 0.2) is 59.4 Å². The molecule has 2 aliphatic heterocycles. The Kier molecular flexibility index (Phi) is 5.78. The second kappa shape index (κ2) is 8.76. The molecule has 34 heavy (non-hydrogen) atoms.